The molecule has 3 heterocycles. The van der Waals surface area contributed by atoms with E-state index in [9.17, 15) is 4.79 Å². The third-order valence-electron chi connectivity index (χ3n) is 4.84. The highest BCUT2D eigenvalue weighted by atomic mass is 35.5. The van der Waals surface area contributed by atoms with Crippen LogP contribution in [0.1, 0.15) is 30.4 Å². The van der Waals surface area contributed by atoms with Crippen LogP contribution in [-0.2, 0) is 14.2 Å². The first-order valence-electron chi connectivity index (χ1n) is 8.43. The number of rotatable bonds is 4. The fourth-order valence-corrected chi connectivity index (χ4v) is 4.44. The van der Waals surface area contributed by atoms with Crippen LogP contribution in [0.15, 0.2) is 17.2 Å². The lowest BCUT2D eigenvalue weighted by atomic mass is 10.1. The van der Waals surface area contributed by atoms with Crippen LogP contribution in [0.2, 0.25) is 15.2 Å². The van der Waals surface area contributed by atoms with Gasteiger partial charge in [0.1, 0.15) is 17.4 Å². The number of ether oxygens (including phenoxy) is 3. The van der Waals surface area contributed by atoms with E-state index in [2.05, 4.69) is 10.0 Å². The first-order valence-corrected chi connectivity index (χ1v) is 9.56. The Bertz CT molecular complexity index is 1020. The highest BCUT2D eigenvalue weighted by Crippen LogP contribution is 2.47. The summed E-state index contributed by atoms with van der Waals surface area (Å²) in [4.78, 5) is 14.5. The van der Waals surface area contributed by atoms with Crippen molar-refractivity contribution >= 4 is 52.0 Å². The van der Waals surface area contributed by atoms with E-state index in [0.717, 1.165) is 0 Å². The van der Waals surface area contributed by atoms with Crippen LogP contribution < -0.4 is 0 Å². The van der Waals surface area contributed by atoms with E-state index >= 15 is 0 Å². The molecule has 0 saturated carbocycles. The number of fused-ring (bicyclic) bond motifs is 2. The average molecular weight is 446 g/mol. The lowest BCUT2D eigenvalue weighted by molar-refractivity contribution is -0.194. The molecule has 0 amide bonds. The lowest BCUT2D eigenvalue weighted by Crippen LogP contribution is -2.31. The number of hydrogen-bond acceptors (Lipinski definition) is 5. The van der Waals surface area contributed by atoms with E-state index in [1.54, 1.807) is 30.5 Å². The standard InChI is InChI=1S/C17H15Cl3N4O4/c1-17(2)27-13-12(5-22-23-21)26-16(14(13)28-17)24-11-4-10(19)9(18)3-7(11)8(6-25)15(24)20/h3-4,6,12-14,16H,5H2,1-2H3/t12-,13-,14-,16-/m1/s1. The zero-order valence-electron chi connectivity index (χ0n) is 14.8. The van der Waals surface area contributed by atoms with Crippen LogP contribution in [0.25, 0.3) is 21.3 Å². The summed E-state index contributed by atoms with van der Waals surface area (Å²) < 4.78 is 19.7. The van der Waals surface area contributed by atoms with Gasteiger partial charge in [0.2, 0.25) is 0 Å². The van der Waals surface area contributed by atoms with Gasteiger partial charge in [0, 0.05) is 10.3 Å². The number of nitrogens with zero attached hydrogens (tertiary/aromatic N) is 4. The predicted octanol–water partition coefficient (Wildman–Crippen LogP) is 5.14. The third kappa shape index (κ3) is 3.06. The molecule has 0 bridgehead atoms. The molecule has 148 valence electrons. The Labute approximate surface area is 174 Å². The largest absolute Gasteiger partial charge is 0.349 e. The topological polar surface area (TPSA) is 98.4 Å². The van der Waals surface area contributed by atoms with Gasteiger partial charge in [-0.1, -0.05) is 39.9 Å². The van der Waals surface area contributed by atoms with Crippen LogP contribution in [0.5, 0.6) is 0 Å². The van der Waals surface area contributed by atoms with E-state index in [1.807, 2.05) is 0 Å². The van der Waals surface area contributed by atoms with Crippen LogP contribution in [0.3, 0.4) is 0 Å². The molecule has 2 aliphatic rings. The van der Waals surface area contributed by atoms with Gasteiger partial charge in [-0.15, -0.1) is 0 Å². The highest BCUT2D eigenvalue weighted by molar-refractivity contribution is 6.43. The molecular weight excluding hydrogens is 431 g/mol. The molecule has 4 rings (SSSR count). The smallest absolute Gasteiger partial charge is 0.164 e. The molecule has 0 aliphatic carbocycles. The van der Waals surface area contributed by atoms with Crippen molar-refractivity contribution in [1.82, 2.24) is 4.57 Å². The second kappa shape index (κ2) is 7.07. The molecule has 0 N–H and O–H groups in total. The Morgan fingerprint density at radius 2 is 1.93 bits per heavy atom. The fraction of sp³-hybridized carbons (Fsp3) is 0.471. The zero-order chi connectivity index (χ0) is 20.2. The Balaban J connectivity index is 1.87. The lowest BCUT2D eigenvalue weighted by Gasteiger charge is -2.25. The maximum atomic E-state index is 11.7. The molecule has 4 atom stereocenters. The Kier molecular flexibility index (Phi) is 5.00. The van der Waals surface area contributed by atoms with Gasteiger partial charge in [-0.25, -0.2) is 0 Å². The molecule has 2 aromatic rings. The Hall–Kier alpha value is -1.51. The first-order chi connectivity index (χ1) is 13.3. The summed E-state index contributed by atoms with van der Waals surface area (Å²) >= 11 is 18.9. The van der Waals surface area contributed by atoms with E-state index in [0.29, 0.717) is 27.2 Å². The average Bonchev–Trinajstić information content (AvgIpc) is 3.20. The fourth-order valence-electron chi connectivity index (χ4n) is 3.79. The molecule has 28 heavy (non-hydrogen) atoms. The molecule has 8 nitrogen and oxygen atoms in total. The van der Waals surface area contributed by atoms with Crippen molar-refractivity contribution in [3.05, 3.63) is 43.3 Å². The minimum atomic E-state index is -0.851. The number of hydrogen-bond donors (Lipinski definition) is 0. The number of aromatic nitrogens is 1. The minimum Gasteiger partial charge on any atom is -0.349 e. The second-order valence-electron chi connectivity index (χ2n) is 7.02. The number of azide groups is 1. The zero-order valence-corrected chi connectivity index (χ0v) is 17.1. The summed E-state index contributed by atoms with van der Waals surface area (Å²) in [7, 11) is 0. The van der Waals surface area contributed by atoms with Crippen LogP contribution in [0.4, 0.5) is 0 Å². The molecule has 2 aliphatic heterocycles. The monoisotopic (exact) mass is 444 g/mol. The summed E-state index contributed by atoms with van der Waals surface area (Å²) in [6.07, 6.45) is -1.60. The maximum absolute atomic E-state index is 11.7. The Morgan fingerprint density at radius 1 is 1.25 bits per heavy atom. The van der Waals surface area contributed by atoms with Gasteiger partial charge in [-0.05, 0) is 31.5 Å². The maximum Gasteiger partial charge on any atom is 0.164 e. The van der Waals surface area contributed by atoms with Gasteiger partial charge in [-0.2, -0.15) is 0 Å². The van der Waals surface area contributed by atoms with Crippen LogP contribution in [0, 0.1) is 0 Å². The van der Waals surface area contributed by atoms with Crippen molar-refractivity contribution in [1.29, 1.82) is 0 Å². The van der Waals surface area contributed by atoms with Crippen molar-refractivity contribution in [2.45, 2.75) is 44.2 Å². The van der Waals surface area contributed by atoms with Crippen LogP contribution in [-0.4, -0.2) is 41.5 Å². The number of carbonyl (C=O) groups is 1. The quantitative estimate of drug-likeness (QED) is 0.281. The van der Waals surface area contributed by atoms with E-state index in [1.165, 1.54) is 0 Å². The molecule has 1 aromatic carbocycles. The predicted molar refractivity (Wildman–Crippen MR) is 104 cm³/mol. The molecule has 0 unspecified atom stereocenters. The first kappa shape index (κ1) is 19.8. The molecule has 0 radical (unpaired) electrons. The van der Waals surface area contributed by atoms with Gasteiger partial charge in [-0.3, -0.25) is 4.79 Å². The highest BCUT2D eigenvalue weighted by Gasteiger charge is 2.56. The summed E-state index contributed by atoms with van der Waals surface area (Å²) in [5.41, 5.74) is 9.51. The third-order valence-corrected chi connectivity index (χ3v) is 5.95. The van der Waals surface area contributed by atoms with Gasteiger partial charge in [0.15, 0.2) is 18.3 Å². The van der Waals surface area contributed by atoms with Crippen LogP contribution >= 0.6 is 34.8 Å². The SMILES string of the molecule is CC1(C)O[C@@H]2[C@H](O1)[C@@H](CN=[N+]=[N-])O[C@H]2n1c(Cl)c(C=O)c2cc(Cl)c(Cl)cc21. The summed E-state index contributed by atoms with van der Waals surface area (Å²) in [5.74, 6) is -0.851. The van der Waals surface area contributed by atoms with E-state index in [-0.39, 0.29) is 17.3 Å². The van der Waals surface area contributed by atoms with Crippen molar-refractivity contribution in [2.75, 3.05) is 6.54 Å². The molecule has 2 fully saturated rings. The molecule has 2 saturated heterocycles. The molecule has 1 aromatic heterocycles. The normalized spacial score (nSPS) is 28.3. The summed E-state index contributed by atoms with van der Waals surface area (Å²) in [6, 6.07) is 3.21. The van der Waals surface area contributed by atoms with Crippen molar-refractivity contribution in [2.24, 2.45) is 5.11 Å². The molecular formula is C17H15Cl3N4O4. The van der Waals surface area contributed by atoms with Gasteiger partial charge in [0.25, 0.3) is 0 Å². The molecule has 0 spiro atoms. The van der Waals surface area contributed by atoms with Crippen molar-refractivity contribution < 1.29 is 19.0 Å². The van der Waals surface area contributed by atoms with Crippen molar-refractivity contribution in [3.8, 4) is 0 Å². The Morgan fingerprint density at radius 3 is 2.61 bits per heavy atom. The number of aldehydes is 1. The number of benzene rings is 1. The number of halogens is 3. The van der Waals surface area contributed by atoms with E-state index in [4.69, 9.17) is 54.5 Å². The molecule has 11 heteroatoms. The van der Waals surface area contributed by atoms with Gasteiger partial charge in [0.05, 0.1) is 33.8 Å². The minimum absolute atomic E-state index is 0.0670. The van der Waals surface area contributed by atoms with Gasteiger partial charge >= 0.3 is 0 Å². The van der Waals surface area contributed by atoms with E-state index < -0.39 is 30.3 Å². The summed E-state index contributed by atoms with van der Waals surface area (Å²) in [6.45, 7) is 3.64. The number of carbonyl (C=O) groups excluding carboxylic acids is 1. The van der Waals surface area contributed by atoms with Crippen molar-refractivity contribution in [3.63, 3.8) is 0 Å². The second-order valence-corrected chi connectivity index (χ2v) is 8.19. The summed E-state index contributed by atoms with van der Waals surface area (Å²) in [5, 5.41) is 4.94. The van der Waals surface area contributed by atoms with Gasteiger partial charge < -0.3 is 18.8 Å².